The molecule has 0 bridgehead atoms. The van der Waals surface area contributed by atoms with E-state index in [-0.39, 0.29) is 5.91 Å². The van der Waals surface area contributed by atoms with Crippen molar-refractivity contribution >= 4 is 11.9 Å². The van der Waals surface area contributed by atoms with Gasteiger partial charge in [-0.2, -0.15) is 0 Å². The zero-order chi connectivity index (χ0) is 17.5. The van der Waals surface area contributed by atoms with E-state index in [0.717, 1.165) is 31.9 Å². The number of para-hydroxylation sites is 1. The highest BCUT2D eigenvalue weighted by molar-refractivity contribution is 5.96. The number of rotatable bonds is 6. The number of nitrogens with one attached hydrogen (secondary N) is 1. The maximum absolute atomic E-state index is 12.4. The largest absolute Gasteiger partial charge is 0.493 e. The quantitative estimate of drug-likeness (QED) is 0.875. The third-order valence-electron chi connectivity index (χ3n) is 4.43. The van der Waals surface area contributed by atoms with Gasteiger partial charge in [-0.15, -0.1) is 0 Å². The summed E-state index contributed by atoms with van der Waals surface area (Å²) in [5, 5.41) is 3.05. The first-order valence-corrected chi connectivity index (χ1v) is 8.80. The molecule has 1 saturated heterocycles. The summed E-state index contributed by atoms with van der Waals surface area (Å²) in [6, 6.07) is 9.19. The van der Waals surface area contributed by atoms with Gasteiger partial charge < -0.3 is 15.0 Å². The fraction of sp³-hybridized carbons (Fsp3) is 0.421. The van der Waals surface area contributed by atoms with Gasteiger partial charge in [-0.25, -0.2) is 9.97 Å². The van der Waals surface area contributed by atoms with Gasteiger partial charge in [-0.3, -0.25) is 4.79 Å². The highest BCUT2D eigenvalue weighted by Crippen LogP contribution is 2.21. The molecular weight excluding hydrogens is 316 g/mol. The van der Waals surface area contributed by atoms with Crippen molar-refractivity contribution in [2.24, 2.45) is 5.92 Å². The fourth-order valence-electron chi connectivity index (χ4n) is 3.06. The highest BCUT2D eigenvalue weighted by Gasteiger charge is 2.21. The van der Waals surface area contributed by atoms with Crippen LogP contribution in [0.2, 0.25) is 0 Å². The summed E-state index contributed by atoms with van der Waals surface area (Å²) in [6.45, 7) is 4.98. The molecule has 0 unspecified atom stereocenters. The molecule has 0 radical (unpaired) electrons. The molecule has 0 aliphatic carbocycles. The van der Waals surface area contributed by atoms with Crippen LogP contribution in [-0.4, -0.2) is 42.1 Å². The number of hydrogen-bond donors (Lipinski definition) is 1. The molecule has 132 valence electrons. The summed E-state index contributed by atoms with van der Waals surface area (Å²) in [5.74, 6) is 1.83. The lowest BCUT2D eigenvalue weighted by Crippen LogP contribution is -2.39. The maximum Gasteiger partial charge on any atom is 0.255 e. The minimum atomic E-state index is -0.0714. The van der Waals surface area contributed by atoms with Crippen LogP contribution in [0.3, 0.4) is 0 Å². The standard InChI is InChI=1S/C19H24N4O2/c1-2-25-17-7-4-3-6-16(17)18(24)22-14-15-8-12-23(13-9-15)19-20-10-5-11-21-19/h3-7,10-11,15H,2,8-9,12-14H2,1H3,(H,22,24). The van der Waals surface area contributed by atoms with E-state index in [2.05, 4.69) is 20.2 Å². The van der Waals surface area contributed by atoms with Gasteiger partial charge in [0.15, 0.2) is 0 Å². The Hall–Kier alpha value is -2.63. The first kappa shape index (κ1) is 17.2. The second-order valence-corrected chi connectivity index (χ2v) is 6.12. The first-order valence-electron chi connectivity index (χ1n) is 8.80. The van der Waals surface area contributed by atoms with Crippen LogP contribution in [0.4, 0.5) is 5.95 Å². The molecule has 1 aromatic carbocycles. The molecule has 6 heteroatoms. The molecule has 25 heavy (non-hydrogen) atoms. The summed E-state index contributed by atoms with van der Waals surface area (Å²) in [5.41, 5.74) is 0.597. The summed E-state index contributed by atoms with van der Waals surface area (Å²) < 4.78 is 5.53. The molecule has 1 aromatic heterocycles. The number of anilines is 1. The van der Waals surface area contributed by atoms with Gasteiger partial charge in [0.2, 0.25) is 5.95 Å². The van der Waals surface area contributed by atoms with Crippen molar-refractivity contribution in [3.63, 3.8) is 0 Å². The van der Waals surface area contributed by atoms with Crippen LogP contribution in [-0.2, 0) is 0 Å². The van der Waals surface area contributed by atoms with E-state index in [4.69, 9.17) is 4.74 Å². The van der Waals surface area contributed by atoms with Crippen LogP contribution in [0, 0.1) is 5.92 Å². The van der Waals surface area contributed by atoms with Crippen molar-refractivity contribution in [2.75, 3.05) is 31.1 Å². The molecule has 1 N–H and O–H groups in total. The Morgan fingerprint density at radius 1 is 1.20 bits per heavy atom. The number of amides is 1. The first-order chi connectivity index (χ1) is 12.3. The second kappa shape index (κ2) is 8.46. The van der Waals surface area contributed by atoms with Crippen molar-refractivity contribution in [1.29, 1.82) is 0 Å². The van der Waals surface area contributed by atoms with Crippen LogP contribution in [0.1, 0.15) is 30.1 Å². The normalized spacial score (nSPS) is 15.0. The Balaban J connectivity index is 1.49. The Kier molecular flexibility index (Phi) is 5.82. The molecule has 1 fully saturated rings. The fourth-order valence-corrected chi connectivity index (χ4v) is 3.06. The van der Waals surface area contributed by atoms with Gasteiger partial charge in [0.25, 0.3) is 5.91 Å². The minimum Gasteiger partial charge on any atom is -0.493 e. The number of nitrogens with zero attached hydrogens (tertiary/aromatic N) is 3. The summed E-state index contributed by atoms with van der Waals surface area (Å²) in [7, 11) is 0. The average Bonchev–Trinajstić information content (AvgIpc) is 2.68. The van der Waals surface area contributed by atoms with E-state index >= 15 is 0 Å². The van der Waals surface area contributed by atoms with E-state index in [1.165, 1.54) is 0 Å². The van der Waals surface area contributed by atoms with Gasteiger partial charge in [0.1, 0.15) is 5.75 Å². The summed E-state index contributed by atoms with van der Waals surface area (Å²) in [4.78, 5) is 23.2. The molecule has 6 nitrogen and oxygen atoms in total. The molecule has 1 aliphatic heterocycles. The molecule has 0 saturated carbocycles. The predicted octanol–water partition coefficient (Wildman–Crippen LogP) is 2.52. The topological polar surface area (TPSA) is 67.3 Å². The number of carbonyl (C=O) groups excluding carboxylic acids is 1. The molecule has 0 spiro atoms. The third-order valence-corrected chi connectivity index (χ3v) is 4.43. The Labute approximate surface area is 148 Å². The number of ether oxygens (including phenoxy) is 1. The van der Waals surface area contributed by atoms with Gasteiger partial charge in [-0.1, -0.05) is 12.1 Å². The lowest BCUT2D eigenvalue weighted by molar-refractivity contribution is 0.0941. The van der Waals surface area contributed by atoms with Crippen LogP contribution < -0.4 is 15.0 Å². The van der Waals surface area contributed by atoms with Crippen molar-refractivity contribution in [3.8, 4) is 5.75 Å². The molecule has 2 heterocycles. The van der Waals surface area contributed by atoms with Crippen LogP contribution in [0.15, 0.2) is 42.7 Å². The Morgan fingerprint density at radius 2 is 1.92 bits per heavy atom. The molecule has 0 atom stereocenters. The minimum absolute atomic E-state index is 0.0714. The lowest BCUT2D eigenvalue weighted by atomic mass is 9.97. The van der Waals surface area contributed by atoms with Crippen LogP contribution in [0.5, 0.6) is 5.75 Å². The van der Waals surface area contributed by atoms with E-state index in [1.807, 2.05) is 31.2 Å². The molecule has 1 aliphatic rings. The second-order valence-electron chi connectivity index (χ2n) is 6.12. The number of benzene rings is 1. The number of carbonyl (C=O) groups is 1. The average molecular weight is 340 g/mol. The van der Waals surface area contributed by atoms with Gasteiger partial charge in [0, 0.05) is 32.0 Å². The summed E-state index contributed by atoms with van der Waals surface area (Å²) >= 11 is 0. The van der Waals surface area contributed by atoms with Gasteiger partial charge >= 0.3 is 0 Å². The Bertz CT molecular complexity index is 685. The van der Waals surface area contributed by atoms with E-state index in [0.29, 0.717) is 30.4 Å². The highest BCUT2D eigenvalue weighted by atomic mass is 16.5. The lowest BCUT2D eigenvalue weighted by Gasteiger charge is -2.31. The van der Waals surface area contributed by atoms with Crippen molar-refractivity contribution in [1.82, 2.24) is 15.3 Å². The zero-order valence-electron chi connectivity index (χ0n) is 14.5. The third kappa shape index (κ3) is 4.47. The summed E-state index contributed by atoms with van der Waals surface area (Å²) in [6.07, 6.45) is 5.58. The van der Waals surface area contributed by atoms with Crippen LogP contribution in [0.25, 0.3) is 0 Å². The maximum atomic E-state index is 12.4. The number of piperidine rings is 1. The number of aromatic nitrogens is 2. The predicted molar refractivity (Wildman–Crippen MR) is 96.9 cm³/mol. The van der Waals surface area contributed by atoms with Gasteiger partial charge in [-0.05, 0) is 43.9 Å². The number of hydrogen-bond acceptors (Lipinski definition) is 5. The Morgan fingerprint density at radius 3 is 2.64 bits per heavy atom. The van der Waals surface area contributed by atoms with E-state index in [1.54, 1.807) is 18.5 Å². The SMILES string of the molecule is CCOc1ccccc1C(=O)NCC1CCN(c2ncccn2)CC1. The van der Waals surface area contributed by atoms with E-state index in [9.17, 15) is 4.79 Å². The molecular formula is C19H24N4O2. The molecule has 3 rings (SSSR count). The van der Waals surface area contributed by atoms with Gasteiger partial charge in [0.05, 0.1) is 12.2 Å². The molecule has 1 amide bonds. The molecule has 2 aromatic rings. The van der Waals surface area contributed by atoms with Crippen molar-refractivity contribution in [3.05, 3.63) is 48.3 Å². The smallest absolute Gasteiger partial charge is 0.255 e. The van der Waals surface area contributed by atoms with Crippen LogP contribution >= 0.6 is 0 Å². The van der Waals surface area contributed by atoms with Crippen molar-refractivity contribution < 1.29 is 9.53 Å². The zero-order valence-corrected chi connectivity index (χ0v) is 14.5. The van der Waals surface area contributed by atoms with Crippen molar-refractivity contribution in [2.45, 2.75) is 19.8 Å². The monoisotopic (exact) mass is 340 g/mol. The van der Waals surface area contributed by atoms with E-state index < -0.39 is 0 Å².